The van der Waals surface area contributed by atoms with Gasteiger partial charge >= 0.3 is 0 Å². The lowest BCUT2D eigenvalue weighted by atomic mass is 10.0. The van der Waals surface area contributed by atoms with Crippen LogP contribution in [0.3, 0.4) is 0 Å². The summed E-state index contributed by atoms with van der Waals surface area (Å²) < 4.78 is 11.5. The fraction of sp³-hybridized carbons (Fsp3) is 0.304. The number of benzene rings is 2. The van der Waals surface area contributed by atoms with Gasteiger partial charge in [0.2, 0.25) is 0 Å². The summed E-state index contributed by atoms with van der Waals surface area (Å²) in [6, 6.07) is 15.2. The molecule has 2 aromatic rings. The zero-order chi connectivity index (χ0) is 20.1. The van der Waals surface area contributed by atoms with Gasteiger partial charge in [-0.15, -0.1) is 0 Å². The Hall–Kier alpha value is -3.26. The van der Waals surface area contributed by atoms with E-state index in [2.05, 4.69) is 5.32 Å². The first-order chi connectivity index (χ1) is 13.5. The van der Waals surface area contributed by atoms with Gasteiger partial charge in [-0.1, -0.05) is 30.3 Å². The van der Waals surface area contributed by atoms with E-state index in [9.17, 15) is 10.1 Å². The number of ether oxygens (including phenoxy) is 2. The molecule has 5 heteroatoms. The summed E-state index contributed by atoms with van der Waals surface area (Å²) in [7, 11) is 0. The van der Waals surface area contributed by atoms with Gasteiger partial charge in [0.25, 0.3) is 5.91 Å². The highest BCUT2D eigenvalue weighted by atomic mass is 16.5. The van der Waals surface area contributed by atoms with Crippen LogP contribution in [0.1, 0.15) is 43.5 Å². The Bertz CT molecular complexity index is 929. The molecule has 1 amide bonds. The molecule has 0 bridgehead atoms. The molecule has 0 spiro atoms. The van der Waals surface area contributed by atoms with Crippen molar-refractivity contribution in [2.24, 2.45) is 0 Å². The number of fused-ring (bicyclic) bond motifs is 1. The SMILES string of the molecule is CCOc1cc2c(cc1/C=C(\C#N)C(=O)N[C@@H](C)c1ccccc1)O[C@H](C)C2. The van der Waals surface area contributed by atoms with Crippen LogP contribution >= 0.6 is 0 Å². The second kappa shape index (κ2) is 8.62. The summed E-state index contributed by atoms with van der Waals surface area (Å²) in [4.78, 5) is 12.6. The van der Waals surface area contributed by atoms with E-state index < -0.39 is 5.91 Å². The second-order valence-electron chi connectivity index (χ2n) is 6.84. The summed E-state index contributed by atoms with van der Waals surface area (Å²) in [5.74, 6) is 1.00. The van der Waals surface area contributed by atoms with E-state index in [1.165, 1.54) is 0 Å². The van der Waals surface area contributed by atoms with E-state index in [0.717, 1.165) is 23.3 Å². The van der Waals surface area contributed by atoms with Crippen molar-refractivity contribution in [2.75, 3.05) is 6.61 Å². The third-order valence-corrected chi connectivity index (χ3v) is 4.64. The fourth-order valence-electron chi connectivity index (χ4n) is 3.25. The zero-order valence-corrected chi connectivity index (χ0v) is 16.4. The molecule has 3 rings (SSSR count). The molecule has 5 nitrogen and oxygen atoms in total. The summed E-state index contributed by atoms with van der Waals surface area (Å²) >= 11 is 0. The lowest BCUT2D eigenvalue weighted by molar-refractivity contribution is -0.117. The third kappa shape index (κ3) is 4.34. The van der Waals surface area contributed by atoms with Crippen molar-refractivity contribution in [3.8, 4) is 17.6 Å². The van der Waals surface area contributed by atoms with Crippen molar-refractivity contribution in [1.82, 2.24) is 5.32 Å². The van der Waals surface area contributed by atoms with Crippen LogP contribution in [-0.4, -0.2) is 18.6 Å². The Morgan fingerprint density at radius 2 is 2.14 bits per heavy atom. The van der Waals surface area contributed by atoms with Crippen molar-refractivity contribution < 1.29 is 14.3 Å². The molecule has 1 heterocycles. The average Bonchev–Trinajstić information content (AvgIpc) is 3.05. The molecular formula is C23H24N2O3. The minimum absolute atomic E-state index is 0.0229. The van der Waals surface area contributed by atoms with Crippen molar-refractivity contribution in [3.05, 3.63) is 64.7 Å². The van der Waals surface area contributed by atoms with Crippen molar-refractivity contribution >= 4 is 12.0 Å². The molecule has 28 heavy (non-hydrogen) atoms. The minimum Gasteiger partial charge on any atom is -0.493 e. The van der Waals surface area contributed by atoms with Crippen LogP contribution in [-0.2, 0) is 11.2 Å². The van der Waals surface area contributed by atoms with Crippen LogP contribution in [0.4, 0.5) is 0 Å². The first-order valence-corrected chi connectivity index (χ1v) is 9.45. The van der Waals surface area contributed by atoms with Crippen LogP contribution in [0.2, 0.25) is 0 Å². The molecule has 0 saturated heterocycles. The molecule has 1 aliphatic rings. The standard InChI is InChI=1S/C23H24N2O3/c1-4-27-21-12-18-10-15(2)28-22(18)13-19(21)11-20(14-24)23(26)25-16(3)17-8-6-5-7-9-17/h5-9,11-13,15-16H,4,10H2,1-3H3,(H,25,26)/b20-11+/t15-,16+/m1/s1. The number of rotatable bonds is 6. The molecule has 1 aliphatic heterocycles. The first-order valence-electron chi connectivity index (χ1n) is 9.45. The number of hydrogen-bond donors (Lipinski definition) is 1. The molecule has 1 N–H and O–H groups in total. The molecule has 0 radical (unpaired) electrons. The molecule has 0 aromatic heterocycles. The maximum absolute atomic E-state index is 12.6. The Morgan fingerprint density at radius 3 is 2.82 bits per heavy atom. The van der Waals surface area contributed by atoms with Gasteiger partial charge in [0.1, 0.15) is 29.2 Å². The highest BCUT2D eigenvalue weighted by Gasteiger charge is 2.22. The van der Waals surface area contributed by atoms with Crippen LogP contribution in [0.15, 0.2) is 48.0 Å². The number of nitrogens with one attached hydrogen (secondary N) is 1. The fourth-order valence-corrected chi connectivity index (χ4v) is 3.25. The largest absolute Gasteiger partial charge is 0.493 e. The number of carbonyl (C=O) groups is 1. The van der Waals surface area contributed by atoms with E-state index >= 15 is 0 Å². The Kier molecular flexibility index (Phi) is 6.00. The molecule has 0 unspecified atom stereocenters. The van der Waals surface area contributed by atoms with Gasteiger partial charge in [-0.25, -0.2) is 0 Å². The molecular weight excluding hydrogens is 352 g/mol. The van der Waals surface area contributed by atoms with Gasteiger partial charge in [-0.3, -0.25) is 4.79 Å². The summed E-state index contributed by atoms with van der Waals surface area (Å²) in [6.45, 7) is 6.29. The van der Waals surface area contributed by atoms with Crippen LogP contribution < -0.4 is 14.8 Å². The number of nitriles is 1. The zero-order valence-electron chi connectivity index (χ0n) is 16.4. The van der Waals surface area contributed by atoms with E-state index in [-0.39, 0.29) is 17.7 Å². The maximum Gasteiger partial charge on any atom is 0.262 e. The quantitative estimate of drug-likeness (QED) is 0.606. The minimum atomic E-state index is -0.420. The van der Waals surface area contributed by atoms with Crippen molar-refractivity contribution in [2.45, 2.75) is 39.3 Å². The third-order valence-electron chi connectivity index (χ3n) is 4.64. The van der Waals surface area contributed by atoms with Gasteiger partial charge < -0.3 is 14.8 Å². The van der Waals surface area contributed by atoms with Crippen molar-refractivity contribution in [1.29, 1.82) is 5.26 Å². The van der Waals surface area contributed by atoms with Crippen LogP contribution in [0.25, 0.3) is 6.08 Å². The summed E-state index contributed by atoms with van der Waals surface area (Å²) in [5, 5.41) is 12.4. The normalized spacial score (nSPS) is 16.5. The highest BCUT2D eigenvalue weighted by Crippen LogP contribution is 2.36. The first kappa shape index (κ1) is 19.5. The molecule has 0 saturated carbocycles. The monoisotopic (exact) mass is 376 g/mol. The average molecular weight is 376 g/mol. The number of hydrogen-bond acceptors (Lipinski definition) is 4. The molecule has 144 valence electrons. The van der Waals surface area contributed by atoms with Gasteiger partial charge in [0, 0.05) is 17.5 Å². The molecule has 2 atom stereocenters. The van der Waals surface area contributed by atoms with Crippen molar-refractivity contribution in [3.63, 3.8) is 0 Å². The maximum atomic E-state index is 12.6. The van der Waals surface area contributed by atoms with Crippen LogP contribution in [0.5, 0.6) is 11.5 Å². The van der Waals surface area contributed by atoms with Gasteiger partial charge in [-0.2, -0.15) is 5.26 Å². The second-order valence-corrected chi connectivity index (χ2v) is 6.84. The smallest absolute Gasteiger partial charge is 0.262 e. The predicted octanol–water partition coefficient (Wildman–Crippen LogP) is 4.19. The van der Waals surface area contributed by atoms with E-state index in [0.29, 0.717) is 17.9 Å². The van der Waals surface area contributed by atoms with Gasteiger partial charge in [-0.05, 0) is 44.5 Å². The highest BCUT2D eigenvalue weighted by molar-refractivity contribution is 6.02. The van der Waals surface area contributed by atoms with E-state index in [1.54, 1.807) is 6.08 Å². The molecule has 2 aromatic carbocycles. The topological polar surface area (TPSA) is 71.3 Å². The van der Waals surface area contributed by atoms with Gasteiger partial charge in [0.05, 0.1) is 12.6 Å². The van der Waals surface area contributed by atoms with Crippen LogP contribution in [0, 0.1) is 11.3 Å². The van der Waals surface area contributed by atoms with Gasteiger partial charge in [0.15, 0.2) is 0 Å². The number of nitrogens with zero attached hydrogens (tertiary/aromatic N) is 1. The predicted molar refractivity (Wildman–Crippen MR) is 108 cm³/mol. The molecule has 0 fully saturated rings. The number of amides is 1. The summed E-state index contributed by atoms with van der Waals surface area (Å²) in [5.41, 5.74) is 2.74. The Balaban J connectivity index is 1.87. The Labute approximate surface area is 165 Å². The molecule has 0 aliphatic carbocycles. The number of carbonyl (C=O) groups excluding carboxylic acids is 1. The van der Waals surface area contributed by atoms with E-state index in [4.69, 9.17) is 9.47 Å². The van der Waals surface area contributed by atoms with E-state index in [1.807, 2.05) is 69.3 Å². The lowest BCUT2D eigenvalue weighted by Crippen LogP contribution is -2.27. The lowest BCUT2D eigenvalue weighted by Gasteiger charge is -2.14. The summed E-state index contributed by atoms with van der Waals surface area (Å²) in [6.07, 6.45) is 2.48. The Morgan fingerprint density at radius 1 is 1.39 bits per heavy atom.